The Morgan fingerprint density at radius 2 is 2.12 bits per heavy atom. The molecule has 0 radical (unpaired) electrons. The Hall–Kier alpha value is -1.44. The summed E-state index contributed by atoms with van der Waals surface area (Å²) in [6.45, 7) is 1.72. The van der Waals surface area contributed by atoms with Gasteiger partial charge in [0.2, 0.25) is 5.91 Å². The average molecular weight is 258 g/mol. The Kier molecular flexibility index (Phi) is 4.22. The lowest BCUT2D eigenvalue weighted by molar-refractivity contribution is 0.00350. The summed E-state index contributed by atoms with van der Waals surface area (Å²) < 4.78 is 23.9. The SMILES string of the molecule is CCCN(O)S(=O)(=O)c1cccc(C(N)=O)c1. The van der Waals surface area contributed by atoms with E-state index in [1.807, 2.05) is 0 Å². The fourth-order valence-electron chi connectivity index (χ4n) is 1.24. The molecule has 0 aliphatic carbocycles. The lowest BCUT2D eigenvalue weighted by atomic mass is 10.2. The lowest BCUT2D eigenvalue weighted by Gasteiger charge is -2.14. The van der Waals surface area contributed by atoms with Gasteiger partial charge in [0.05, 0.1) is 4.90 Å². The van der Waals surface area contributed by atoms with E-state index in [1.165, 1.54) is 18.2 Å². The Morgan fingerprint density at radius 3 is 2.65 bits per heavy atom. The van der Waals surface area contributed by atoms with E-state index in [4.69, 9.17) is 5.73 Å². The van der Waals surface area contributed by atoms with Gasteiger partial charge in [-0.25, -0.2) is 8.42 Å². The van der Waals surface area contributed by atoms with Crippen LogP contribution in [0, 0.1) is 0 Å². The van der Waals surface area contributed by atoms with Gasteiger partial charge in [-0.1, -0.05) is 17.5 Å². The molecule has 0 aliphatic rings. The van der Waals surface area contributed by atoms with Crippen LogP contribution in [0.4, 0.5) is 0 Å². The summed E-state index contributed by atoms with van der Waals surface area (Å²) >= 11 is 0. The third kappa shape index (κ3) is 3.02. The molecule has 1 aromatic carbocycles. The van der Waals surface area contributed by atoms with Crippen LogP contribution in [-0.2, 0) is 10.0 Å². The summed E-state index contributed by atoms with van der Waals surface area (Å²) in [6.07, 6.45) is 0.477. The molecular weight excluding hydrogens is 244 g/mol. The first kappa shape index (κ1) is 13.6. The number of hydroxylamine groups is 1. The van der Waals surface area contributed by atoms with Gasteiger partial charge in [0.25, 0.3) is 10.0 Å². The first-order chi connectivity index (χ1) is 7.89. The highest BCUT2D eigenvalue weighted by Gasteiger charge is 2.22. The fraction of sp³-hybridized carbons (Fsp3) is 0.300. The molecule has 3 N–H and O–H groups in total. The number of carbonyl (C=O) groups is 1. The second-order valence-electron chi connectivity index (χ2n) is 3.44. The summed E-state index contributed by atoms with van der Waals surface area (Å²) in [5.41, 5.74) is 5.13. The van der Waals surface area contributed by atoms with Crippen LogP contribution in [0.3, 0.4) is 0 Å². The van der Waals surface area contributed by atoms with Gasteiger partial charge in [0, 0.05) is 12.1 Å². The predicted octanol–water partition coefficient (Wildman–Crippen LogP) is 0.575. The number of rotatable bonds is 5. The van der Waals surface area contributed by atoms with E-state index < -0.39 is 15.9 Å². The van der Waals surface area contributed by atoms with E-state index in [-0.39, 0.29) is 21.5 Å². The molecule has 0 fully saturated rings. The predicted molar refractivity (Wildman–Crippen MR) is 60.9 cm³/mol. The molecule has 94 valence electrons. The largest absolute Gasteiger partial charge is 0.366 e. The van der Waals surface area contributed by atoms with Crippen LogP contribution < -0.4 is 5.73 Å². The van der Waals surface area contributed by atoms with Gasteiger partial charge >= 0.3 is 0 Å². The standard InChI is InChI=1S/C10H14N2O4S/c1-2-6-12(14)17(15,16)9-5-3-4-8(7-9)10(11)13/h3-5,7,14H,2,6H2,1H3,(H2,11,13). The molecule has 1 aromatic rings. The van der Waals surface area contributed by atoms with Crippen molar-refractivity contribution in [2.75, 3.05) is 6.54 Å². The molecular formula is C10H14N2O4S. The number of nitrogens with zero attached hydrogens (tertiary/aromatic N) is 1. The second-order valence-corrected chi connectivity index (χ2v) is 5.29. The number of carbonyl (C=O) groups excluding carboxylic acids is 1. The van der Waals surface area contributed by atoms with E-state index in [2.05, 4.69) is 0 Å². The Balaban J connectivity index is 3.15. The number of amides is 1. The van der Waals surface area contributed by atoms with E-state index in [0.29, 0.717) is 6.42 Å². The number of hydrogen-bond donors (Lipinski definition) is 2. The topological polar surface area (TPSA) is 101 Å². The van der Waals surface area contributed by atoms with Gasteiger partial charge in [-0.2, -0.15) is 0 Å². The van der Waals surface area contributed by atoms with Crippen molar-refractivity contribution < 1.29 is 18.4 Å². The zero-order chi connectivity index (χ0) is 13.1. The van der Waals surface area contributed by atoms with Crippen LogP contribution >= 0.6 is 0 Å². The summed E-state index contributed by atoms with van der Waals surface area (Å²) in [4.78, 5) is 10.8. The Labute approximate surface area is 99.7 Å². The number of nitrogens with two attached hydrogens (primary N) is 1. The minimum atomic E-state index is -3.98. The summed E-state index contributed by atoms with van der Waals surface area (Å²) in [5, 5.41) is 9.39. The van der Waals surface area contributed by atoms with Crippen molar-refractivity contribution in [1.29, 1.82) is 0 Å². The quantitative estimate of drug-likeness (QED) is 0.754. The minimum Gasteiger partial charge on any atom is -0.366 e. The van der Waals surface area contributed by atoms with Crippen molar-refractivity contribution in [3.05, 3.63) is 29.8 Å². The zero-order valence-corrected chi connectivity index (χ0v) is 10.1. The average Bonchev–Trinajstić information content (AvgIpc) is 2.29. The van der Waals surface area contributed by atoms with Crippen molar-refractivity contribution in [1.82, 2.24) is 4.47 Å². The molecule has 0 spiro atoms. The van der Waals surface area contributed by atoms with E-state index in [9.17, 15) is 18.4 Å². The van der Waals surface area contributed by atoms with E-state index in [0.717, 1.165) is 6.07 Å². The van der Waals surface area contributed by atoms with Crippen molar-refractivity contribution in [2.24, 2.45) is 5.73 Å². The highest BCUT2D eigenvalue weighted by molar-refractivity contribution is 7.89. The number of primary amides is 1. The zero-order valence-electron chi connectivity index (χ0n) is 9.33. The van der Waals surface area contributed by atoms with Crippen molar-refractivity contribution in [3.63, 3.8) is 0 Å². The molecule has 17 heavy (non-hydrogen) atoms. The number of benzene rings is 1. The molecule has 0 bridgehead atoms. The minimum absolute atomic E-state index is 0.0108. The normalized spacial score (nSPS) is 11.7. The first-order valence-electron chi connectivity index (χ1n) is 5.01. The molecule has 0 saturated heterocycles. The maximum absolute atomic E-state index is 11.8. The lowest BCUT2D eigenvalue weighted by Crippen LogP contribution is -2.28. The summed E-state index contributed by atoms with van der Waals surface area (Å²) in [7, 11) is -3.98. The third-order valence-electron chi connectivity index (χ3n) is 2.11. The van der Waals surface area contributed by atoms with Gasteiger partial charge in [0.15, 0.2) is 0 Å². The van der Waals surface area contributed by atoms with Crippen LogP contribution in [0.2, 0.25) is 0 Å². The molecule has 1 rings (SSSR count). The number of sulfonamides is 1. The number of hydrogen-bond acceptors (Lipinski definition) is 4. The summed E-state index contributed by atoms with van der Waals surface area (Å²) in [6, 6.07) is 5.23. The highest BCUT2D eigenvalue weighted by Crippen LogP contribution is 2.15. The fourth-order valence-corrected chi connectivity index (χ4v) is 2.44. The van der Waals surface area contributed by atoms with Gasteiger partial charge in [-0.05, 0) is 24.6 Å². The molecule has 6 nitrogen and oxygen atoms in total. The smallest absolute Gasteiger partial charge is 0.264 e. The van der Waals surface area contributed by atoms with Gasteiger partial charge in [-0.3, -0.25) is 10.0 Å². The molecule has 1 amide bonds. The maximum atomic E-state index is 11.8. The summed E-state index contributed by atoms with van der Waals surface area (Å²) in [5.74, 6) is -0.720. The van der Waals surface area contributed by atoms with Gasteiger partial charge in [0.1, 0.15) is 0 Å². The van der Waals surface area contributed by atoms with Crippen LogP contribution in [0.15, 0.2) is 29.2 Å². The van der Waals surface area contributed by atoms with Crippen LogP contribution in [0.25, 0.3) is 0 Å². The van der Waals surface area contributed by atoms with Gasteiger partial charge in [-0.15, -0.1) is 0 Å². The van der Waals surface area contributed by atoms with Crippen LogP contribution in [0.5, 0.6) is 0 Å². The monoisotopic (exact) mass is 258 g/mol. The molecule has 0 unspecified atom stereocenters. The molecule has 0 saturated carbocycles. The Morgan fingerprint density at radius 1 is 1.47 bits per heavy atom. The van der Waals surface area contributed by atoms with Crippen LogP contribution in [-0.4, -0.2) is 30.5 Å². The van der Waals surface area contributed by atoms with Gasteiger partial charge < -0.3 is 5.73 Å². The van der Waals surface area contributed by atoms with Crippen LogP contribution in [0.1, 0.15) is 23.7 Å². The molecule has 0 atom stereocenters. The molecule has 7 heteroatoms. The Bertz CT molecular complexity index is 513. The van der Waals surface area contributed by atoms with Crippen molar-refractivity contribution in [3.8, 4) is 0 Å². The molecule has 0 aromatic heterocycles. The maximum Gasteiger partial charge on any atom is 0.264 e. The molecule has 0 heterocycles. The van der Waals surface area contributed by atoms with Crippen molar-refractivity contribution in [2.45, 2.75) is 18.2 Å². The third-order valence-corrected chi connectivity index (χ3v) is 3.70. The first-order valence-corrected chi connectivity index (χ1v) is 6.45. The second kappa shape index (κ2) is 5.26. The van der Waals surface area contributed by atoms with Crippen molar-refractivity contribution >= 4 is 15.9 Å². The molecule has 0 aliphatic heterocycles. The van der Waals surface area contributed by atoms with E-state index >= 15 is 0 Å². The van der Waals surface area contributed by atoms with E-state index in [1.54, 1.807) is 6.92 Å². The highest BCUT2D eigenvalue weighted by atomic mass is 32.2.